The molecule has 7 nitrogen and oxygen atoms in total. The quantitative estimate of drug-likeness (QED) is 0.301. The van der Waals surface area contributed by atoms with Crippen LogP contribution in [0, 0.1) is 0 Å². The van der Waals surface area contributed by atoms with Crippen molar-refractivity contribution < 1.29 is 35.4 Å². The largest absolute Gasteiger partial charge is 0.394 e. The molecule has 0 radical (unpaired) electrons. The van der Waals surface area contributed by atoms with E-state index in [4.69, 9.17) is 30.6 Å². The highest BCUT2D eigenvalue weighted by molar-refractivity contribution is 5.72. The van der Waals surface area contributed by atoms with Crippen LogP contribution in [0.2, 0.25) is 0 Å². The van der Waals surface area contributed by atoms with Crippen LogP contribution in [0.15, 0.2) is 0 Å². The van der Waals surface area contributed by atoms with Gasteiger partial charge in [0.15, 0.2) is 0 Å². The number of rotatable bonds is 5. The molecule has 0 fully saturated rings. The van der Waals surface area contributed by atoms with Gasteiger partial charge < -0.3 is 35.4 Å². The van der Waals surface area contributed by atoms with Gasteiger partial charge in [0.2, 0.25) is 0 Å². The van der Waals surface area contributed by atoms with Crippen LogP contribution < -0.4 is 0 Å². The molecular weight excluding hydrogens is 220 g/mol. The zero-order chi connectivity index (χ0) is 13.3. The molecule has 0 bridgehead atoms. The second-order valence-electron chi connectivity index (χ2n) is 3.39. The zero-order valence-electron chi connectivity index (χ0n) is 9.32. The Morgan fingerprint density at radius 2 is 1.06 bits per heavy atom. The lowest BCUT2D eigenvalue weighted by atomic mass is 10.0. The molecule has 0 amide bonds. The van der Waals surface area contributed by atoms with E-state index in [1.54, 1.807) is 0 Å². The Bertz CT molecular complexity index is 167. The van der Waals surface area contributed by atoms with E-state index in [1.807, 2.05) is 0 Å². The number of hydrogen-bond acceptors (Lipinski definition) is 7. The van der Waals surface area contributed by atoms with Crippen molar-refractivity contribution in [1.29, 1.82) is 0 Å². The molecule has 16 heavy (non-hydrogen) atoms. The molecule has 0 saturated heterocycles. The first kappa shape index (κ1) is 17.8. The number of Topliss-reactive ketones (excluding diaryl/α,β-unsaturated/α-hetero) is 1. The molecule has 0 aliphatic carbocycles. The van der Waals surface area contributed by atoms with Crippen molar-refractivity contribution in [2.24, 2.45) is 0 Å². The van der Waals surface area contributed by atoms with Gasteiger partial charge in [-0.05, 0) is 13.8 Å². The minimum atomic E-state index is -1.67. The summed E-state index contributed by atoms with van der Waals surface area (Å²) in [7, 11) is 0. The summed E-state index contributed by atoms with van der Waals surface area (Å²) in [4.78, 5) is 9.44. The third-order valence-electron chi connectivity index (χ3n) is 1.51. The second-order valence-corrected chi connectivity index (χ2v) is 3.39. The van der Waals surface area contributed by atoms with E-state index in [-0.39, 0.29) is 5.78 Å². The van der Waals surface area contributed by atoms with Crippen LogP contribution in [-0.2, 0) is 4.79 Å². The van der Waals surface area contributed by atoms with Gasteiger partial charge in [-0.3, -0.25) is 0 Å². The maximum absolute atomic E-state index is 9.44. The molecule has 0 spiro atoms. The van der Waals surface area contributed by atoms with Crippen LogP contribution in [0.4, 0.5) is 0 Å². The zero-order valence-corrected chi connectivity index (χ0v) is 9.32. The smallest absolute Gasteiger partial charge is 0.126 e. The molecule has 0 aromatic rings. The van der Waals surface area contributed by atoms with Crippen LogP contribution in [0.3, 0.4) is 0 Å². The maximum Gasteiger partial charge on any atom is 0.126 e. The van der Waals surface area contributed by atoms with E-state index >= 15 is 0 Å². The number of carbonyl (C=O) groups excluding carboxylic acids is 1. The highest BCUT2D eigenvalue weighted by Crippen LogP contribution is 2.03. The second kappa shape index (κ2) is 9.64. The summed E-state index contributed by atoms with van der Waals surface area (Å²) in [5.74, 6) is 0.167. The van der Waals surface area contributed by atoms with Gasteiger partial charge in [0, 0.05) is 0 Å². The topological polar surface area (TPSA) is 138 Å². The van der Waals surface area contributed by atoms with Gasteiger partial charge in [-0.1, -0.05) is 0 Å². The Kier molecular flexibility index (Phi) is 10.7. The fourth-order valence-electron chi connectivity index (χ4n) is 0.671. The van der Waals surface area contributed by atoms with E-state index in [0.29, 0.717) is 0 Å². The van der Waals surface area contributed by atoms with Crippen LogP contribution in [0.5, 0.6) is 0 Å². The average Bonchev–Trinajstić information content (AvgIpc) is 2.24. The molecule has 0 aromatic heterocycles. The number of ketones is 1. The summed E-state index contributed by atoms with van der Waals surface area (Å²) in [6, 6.07) is 0. The number of aliphatic hydroxyl groups excluding tert-OH is 6. The molecule has 0 rings (SSSR count). The van der Waals surface area contributed by atoms with Crippen LogP contribution in [-0.4, -0.2) is 74.1 Å². The molecule has 0 saturated carbocycles. The first-order chi connectivity index (χ1) is 7.27. The van der Waals surface area contributed by atoms with E-state index in [0.717, 1.165) is 0 Å². The Labute approximate surface area is 93.6 Å². The van der Waals surface area contributed by atoms with Gasteiger partial charge in [-0.2, -0.15) is 0 Å². The molecule has 6 N–H and O–H groups in total. The first-order valence-corrected chi connectivity index (χ1v) is 4.69. The van der Waals surface area contributed by atoms with Crippen LogP contribution in [0.1, 0.15) is 13.8 Å². The predicted octanol–water partition coefficient (Wildman–Crippen LogP) is -2.99. The van der Waals surface area contributed by atoms with Crippen molar-refractivity contribution in [2.45, 2.75) is 38.3 Å². The minimum absolute atomic E-state index is 0.167. The van der Waals surface area contributed by atoms with Gasteiger partial charge >= 0.3 is 0 Å². The van der Waals surface area contributed by atoms with E-state index in [1.165, 1.54) is 13.8 Å². The fraction of sp³-hybridized carbons (Fsp3) is 0.889. The Morgan fingerprint density at radius 3 is 1.19 bits per heavy atom. The van der Waals surface area contributed by atoms with Gasteiger partial charge in [0.05, 0.1) is 13.2 Å². The van der Waals surface area contributed by atoms with Crippen LogP contribution in [0.25, 0.3) is 0 Å². The van der Waals surface area contributed by atoms with Crippen LogP contribution >= 0.6 is 0 Å². The SMILES string of the molecule is CC(C)=O.OC[C@@H](O)[C@@H](O)[C@H](O)[C@@H](O)CO. The van der Waals surface area contributed by atoms with Crippen molar-refractivity contribution in [3.8, 4) is 0 Å². The molecule has 0 heterocycles. The van der Waals surface area contributed by atoms with Gasteiger partial charge in [-0.25, -0.2) is 0 Å². The molecule has 0 aromatic carbocycles. The van der Waals surface area contributed by atoms with Crippen molar-refractivity contribution in [3.63, 3.8) is 0 Å². The predicted molar refractivity (Wildman–Crippen MR) is 54.6 cm³/mol. The van der Waals surface area contributed by atoms with Crippen molar-refractivity contribution in [1.82, 2.24) is 0 Å². The Hall–Kier alpha value is -0.570. The molecule has 4 atom stereocenters. The normalized spacial score (nSPS) is 17.8. The lowest BCUT2D eigenvalue weighted by Crippen LogP contribution is -2.46. The van der Waals surface area contributed by atoms with Crippen molar-refractivity contribution >= 4 is 5.78 Å². The minimum Gasteiger partial charge on any atom is -0.394 e. The summed E-state index contributed by atoms with van der Waals surface area (Å²) in [6.45, 7) is 1.60. The van der Waals surface area contributed by atoms with Gasteiger partial charge in [0.1, 0.15) is 30.2 Å². The average molecular weight is 240 g/mol. The Morgan fingerprint density at radius 1 is 0.875 bits per heavy atom. The molecule has 98 valence electrons. The molecule has 0 aliphatic heterocycles. The summed E-state index contributed by atoms with van der Waals surface area (Å²) in [6.07, 6.45) is -6.39. The monoisotopic (exact) mass is 240 g/mol. The summed E-state index contributed by atoms with van der Waals surface area (Å²) in [5, 5.41) is 52.2. The number of aliphatic hydroxyl groups is 6. The lowest BCUT2D eigenvalue weighted by Gasteiger charge is -2.24. The maximum atomic E-state index is 9.44. The van der Waals surface area contributed by atoms with Crippen molar-refractivity contribution in [3.05, 3.63) is 0 Å². The number of carbonyl (C=O) groups is 1. The van der Waals surface area contributed by atoms with Crippen molar-refractivity contribution in [2.75, 3.05) is 13.2 Å². The summed E-state index contributed by atoms with van der Waals surface area (Å²) < 4.78 is 0. The molecule has 0 unspecified atom stereocenters. The third-order valence-corrected chi connectivity index (χ3v) is 1.51. The van der Waals surface area contributed by atoms with E-state index in [2.05, 4.69) is 0 Å². The first-order valence-electron chi connectivity index (χ1n) is 4.69. The Balaban J connectivity index is 0. The highest BCUT2D eigenvalue weighted by atomic mass is 16.4. The van der Waals surface area contributed by atoms with E-state index < -0.39 is 37.6 Å². The van der Waals surface area contributed by atoms with Gasteiger partial charge in [0.25, 0.3) is 0 Å². The lowest BCUT2D eigenvalue weighted by molar-refractivity contribution is -0.123. The fourth-order valence-corrected chi connectivity index (χ4v) is 0.671. The van der Waals surface area contributed by atoms with Gasteiger partial charge in [-0.15, -0.1) is 0 Å². The summed E-state index contributed by atoms with van der Waals surface area (Å²) >= 11 is 0. The molecule has 0 aliphatic rings. The molecule has 7 heteroatoms. The number of hydrogen-bond donors (Lipinski definition) is 6. The molecular formula is C9H20O7. The third kappa shape index (κ3) is 8.72. The summed E-state index contributed by atoms with van der Waals surface area (Å²) in [5.41, 5.74) is 0. The standard InChI is InChI=1S/C6H14O6.C3H6O/c7-1-3(9)5(11)6(12)4(10)2-8;1-3(2)4/h3-12H,1-2H2;1-2H3/t3-,4+,5-,6-;/m1./s1. The highest BCUT2D eigenvalue weighted by Gasteiger charge is 2.29. The van der Waals surface area contributed by atoms with E-state index in [9.17, 15) is 4.79 Å².